The summed E-state index contributed by atoms with van der Waals surface area (Å²) in [6.45, 7) is 1.99. The third-order valence-electron chi connectivity index (χ3n) is 1.61. The summed E-state index contributed by atoms with van der Waals surface area (Å²) in [4.78, 5) is 4.10. The van der Waals surface area contributed by atoms with Gasteiger partial charge >= 0.3 is 0 Å². The first-order valence-electron chi connectivity index (χ1n) is 3.69. The number of hydrogen-bond donors (Lipinski definition) is 0. The van der Waals surface area contributed by atoms with E-state index in [1.54, 1.807) is 6.20 Å². The zero-order valence-corrected chi connectivity index (χ0v) is 6.49. The Morgan fingerprint density at radius 1 is 1.64 bits per heavy atom. The molecule has 0 aliphatic rings. The summed E-state index contributed by atoms with van der Waals surface area (Å²) in [7, 11) is 0. The lowest BCUT2D eigenvalue weighted by molar-refractivity contribution is 0.787. The Morgan fingerprint density at radius 3 is 2.91 bits per heavy atom. The minimum Gasteiger partial charge on any atom is -0.260 e. The van der Waals surface area contributed by atoms with Gasteiger partial charge in [0.25, 0.3) is 0 Å². The third kappa shape index (κ3) is 1.78. The highest BCUT2D eigenvalue weighted by Gasteiger charge is 2.06. The molecule has 2 heteroatoms. The number of hydrogen-bond acceptors (Lipinski definition) is 2. The first-order chi connectivity index (χ1) is 5.38. The van der Waals surface area contributed by atoms with E-state index >= 15 is 0 Å². The maximum Gasteiger partial charge on any atom is 0.0882 e. The maximum atomic E-state index is 8.69. The van der Waals surface area contributed by atoms with Gasteiger partial charge in [0.05, 0.1) is 17.7 Å². The normalized spacial score (nSPS) is 12.0. The van der Waals surface area contributed by atoms with Crippen LogP contribution in [0.2, 0.25) is 0 Å². The van der Waals surface area contributed by atoms with E-state index in [2.05, 4.69) is 11.1 Å². The molecule has 1 aromatic rings. The lowest BCUT2D eigenvalue weighted by Crippen LogP contribution is -1.95. The Balaban J connectivity index is 2.85. The van der Waals surface area contributed by atoms with Gasteiger partial charge in [-0.3, -0.25) is 4.98 Å². The molecule has 0 saturated heterocycles. The summed E-state index contributed by atoms with van der Waals surface area (Å²) < 4.78 is 0. The fourth-order valence-corrected chi connectivity index (χ4v) is 0.949. The molecule has 0 saturated carbocycles. The van der Waals surface area contributed by atoms with Crippen molar-refractivity contribution >= 4 is 0 Å². The predicted molar refractivity (Wildman–Crippen MR) is 42.9 cm³/mol. The number of rotatable bonds is 2. The van der Waals surface area contributed by atoms with Crippen LogP contribution in [0.5, 0.6) is 0 Å². The zero-order chi connectivity index (χ0) is 8.10. The van der Waals surface area contributed by atoms with E-state index < -0.39 is 0 Å². The van der Waals surface area contributed by atoms with Crippen LogP contribution in [0, 0.1) is 11.3 Å². The monoisotopic (exact) mass is 146 g/mol. The number of aromatic nitrogens is 1. The van der Waals surface area contributed by atoms with Gasteiger partial charge < -0.3 is 0 Å². The molecule has 11 heavy (non-hydrogen) atoms. The average molecular weight is 146 g/mol. The Bertz CT molecular complexity index is 248. The highest BCUT2D eigenvalue weighted by Crippen LogP contribution is 2.14. The second-order valence-corrected chi connectivity index (χ2v) is 2.34. The molecular formula is C9H10N2. The van der Waals surface area contributed by atoms with Crippen molar-refractivity contribution in [1.82, 2.24) is 4.98 Å². The molecule has 0 amide bonds. The lowest BCUT2D eigenvalue weighted by atomic mass is 10.0. The van der Waals surface area contributed by atoms with E-state index in [0.29, 0.717) is 0 Å². The minimum absolute atomic E-state index is 0.0452. The van der Waals surface area contributed by atoms with Crippen LogP contribution < -0.4 is 0 Å². The van der Waals surface area contributed by atoms with Crippen molar-refractivity contribution in [3.05, 3.63) is 30.1 Å². The van der Waals surface area contributed by atoms with Crippen molar-refractivity contribution in [2.24, 2.45) is 0 Å². The first-order valence-corrected chi connectivity index (χ1v) is 3.69. The molecule has 1 aromatic heterocycles. The molecule has 1 atom stereocenters. The van der Waals surface area contributed by atoms with Crippen LogP contribution in [-0.4, -0.2) is 4.98 Å². The second kappa shape index (κ2) is 3.72. The fourth-order valence-electron chi connectivity index (χ4n) is 0.949. The Labute approximate surface area is 66.5 Å². The molecule has 0 aliphatic heterocycles. The van der Waals surface area contributed by atoms with Crippen LogP contribution >= 0.6 is 0 Å². The molecule has 0 fully saturated rings. The van der Waals surface area contributed by atoms with Gasteiger partial charge in [0, 0.05) is 6.20 Å². The van der Waals surface area contributed by atoms with E-state index in [-0.39, 0.29) is 5.92 Å². The van der Waals surface area contributed by atoms with E-state index in [1.807, 2.05) is 25.1 Å². The molecule has 0 aliphatic carbocycles. The highest BCUT2D eigenvalue weighted by atomic mass is 14.7. The molecule has 0 unspecified atom stereocenters. The Morgan fingerprint density at radius 2 is 2.45 bits per heavy atom. The third-order valence-corrected chi connectivity index (χ3v) is 1.61. The molecule has 0 aromatic carbocycles. The summed E-state index contributed by atoms with van der Waals surface area (Å²) in [5, 5.41) is 8.69. The Hall–Kier alpha value is -1.36. The Kier molecular flexibility index (Phi) is 2.62. The zero-order valence-electron chi connectivity index (χ0n) is 6.49. The topological polar surface area (TPSA) is 36.7 Å². The van der Waals surface area contributed by atoms with Crippen molar-refractivity contribution in [3.8, 4) is 6.07 Å². The molecule has 1 heterocycles. The first kappa shape index (κ1) is 7.74. The number of pyridine rings is 1. The van der Waals surface area contributed by atoms with E-state index in [1.165, 1.54) is 0 Å². The van der Waals surface area contributed by atoms with Crippen LogP contribution in [0.3, 0.4) is 0 Å². The second-order valence-electron chi connectivity index (χ2n) is 2.34. The largest absolute Gasteiger partial charge is 0.260 e. The molecule has 0 N–H and O–H groups in total. The van der Waals surface area contributed by atoms with Crippen LogP contribution in [0.4, 0.5) is 0 Å². The van der Waals surface area contributed by atoms with Gasteiger partial charge in [-0.1, -0.05) is 13.0 Å². The van der Waals surface area contributed by atoms with Gasteiger partial charge in [0.2, 0.25) is 0 Å². The van der Waals surface area contributed by atoms with Gasteiger partial charge in [-0.15, -0.1) is 0 Å². The quantitative estimate of drug-likeness (QED) is 0.640. The van der Waals surface area contributed by atoms with Crippen molar-refractivity contribution in [2.75, 3.05) is 0 Å². The molecule has 56 valence electrons. The molecular weight excluding hydrogens is 136 g/mol. The summed E-state index contributed by atoms with van der Waals surface area (Å²) in [6.07, 6.45) is 2.54. The fraction of sp³-hybridized carbons (Fsp3) is 0.333. The van der Waals surface area contributed by atoms with Gasteiger partial charge in [-0.2, -0.15) is 5.26 Å². The molecule has 0 bridgehead atoms. The van der Waals surface area contributed by atoms with E-state index in [4.69, 9.17) is 5.26 Å². The van der Waals surface area contributed by atoms with Crippen LogP contribution in [0.25, 0.3) is 0 Å². The van der Waals surface area contributed by atoms with E-state index in [9.17, 15) is 0 Å². The highest BCUT2D eigenvalue weighted by molar-refractivity contribution is 5.15. The van der Waals surface area contributed by atoms with Crippen molar-refractivity contribution < 1.29 is 0 Å². The average Bonchev–Trinajstić information content (AvgIpc) is 2.09. The summed E-state index contributed by atoms with van der Waals surface area (Å²) in [5.41, 5.74) is 0.873. The van der Waals surface area contributed by atoms with Crippen molar-refractivity contribution in [3.63, 3.8) is 0 Å². The summed E-state index contributed by atoms with van der Waals surface area (Å²) >= 11 is 0. The van der Waals surface area contributed by atoms with Crippen LogP contribution in [0.1, 0.15) is 25.0 Å². The number of nitriles is 1. The summed E-state index contributed by atoms with van der Waals surface area (Å²) in [6, 6.07) is 7.85. The number of nitrogens with zero attached hydrogens (tertiary/aromatic N) is 2. The van der Waals surface area contributed by atoms with Crippen LogP contribution in [-0.2, 0) is 0 Å². The van der Waals surface area contributed by atoms with Crippen molar-refractivity contribution in [1.29, 1.82) is 5.26 Å². The van der Waals surface area contributed by atoms with Gasteiger partial charge in [-0.05, 0) is 18.6 Å². The standard InChI is InChI=1S/C9H10N2/c1-2-8(7-10)9-5-3-4-6-11-9/h3-6,8H,2H2,1H3/t8-/m1/s1. The molecule has 0 spiro atoms. The van der Waals surface area contributed by atoms with Crippen molar-refractivity contribution in [2.45, 2.75) is 19.3 Å². The van der Waals surface area contributed by atoms with Gasteiger partial charge in [-0.25, -0.2) is 0 Å². The SMILES string of the molecule is CC[C@H](C#N)c1ccccn1. The molecule has 1 rings (SSSR count). The van der Waals surface area contributed by atoms with E-state index in [0.717, 1.165) is 12.1 Å². The van der Waals surface area contributed by atoms with Gasteiger partial charge in [0.15, 0.2) is 0 Å². The molecule has 2 nitrogen and oxygen atoms in total. The maximum absolute atomic E-state index is 8.69. The van der Waals surface area contributed by atoms with Gasteiger partial charge in [0.1, 0.15) is 0 Å². The molecule has 0 radical (unpaired) electrons. The lowest BCUT2D eigenvalue weighted by Gasteiger charge is -2.02. The predicted octanol–water partition coefficient (Wildman–Crippen LogP) is 2.10. The smallest absolute Gasteiger partial charge is 0.0882 e. The minimum atomic E-state index is -0.0452. The summed E-state index contributed by atoms with van der Waals surface area (Å²) in [5.74, 6) is -0.0452. The van der Waals surface area contributed by atoms with Crippen LogP contribution in [0.15, 0.2) is 24.4 Å².